The third-order valence-electron chi connectivity index (χ3n) is 7.80. The van der Waals surface area contributed by atoms with Gasteiger partial charge in [0.05, 0.1) is 11.8 Å². The minimum absolute atomic E-state index is 0.354. The fourth-order valence-corrected chi connectivity index (χ4v) is 6.54. The van der Waals surface area contributed by atoms with E-state index in [1.165, 1.54) is 0 Å². The first kappa shape index (κ1) is 26.4. The Labute approximate surface area is 198 Å². The van der Waals surface area contributed by atoms with Gasteiger partial charge in [0.2, 0.25) is 0 Å². The molecule has 188 valence electrons. The van der Waals surface area contributed by atoms with Crippen LogP contribution in [-0.2, 0) is 29.5 Å². The zero-order valence-electron chi connectivity index (χ0n) is 21.6. The Hall–Kier alpha value is -1.22. The second-order valence-electron chi connectivity index (χ2n) is 12.9. The normalized spacial score (nSPS) is 32.4. The number of hydroxylamine groups is 4. The van der Waals surface area contributed by atoms with Gasteiger partial charge in [0, 0.05) is 47.8 Å². The van der Waals surface area contributed by atoms with Gasteiger partial charge in [0.1, 0.15) is 12.2 Å². The Morgan fingerprint density at radius 2 is 0.879 bits per heavy atom. The van der Waals surface area contributed by atoms with Crippen LogP contribution in [0.15, 0.2) is 0 Å². The zero-order valence-corrected chi connectivity index (χ0v) is 21.6. The summed E-state index contributed by atoms with van der Waals surface area (Å²) in [7, 11) is 0. The molecule has 1 saturated carbocycles. The van der Waals surface area contributed by atoms with E-state index in [4.69, 9.17) is 9.47 Å². The van der Waals surface area contributed by atoms with Crippen molar-refractivity contribution in [1.82, 2.24) is 10.1 Å². The Bertz CT molecular complexity index is 664. The number of piperidine rings is 2. The number of carbonyl (C=O) groups excluding carboxylic acids is 2. The highest BCUT2D eigenvalue weighted by atomic mass is 16.6. The molecular formula is C25H42N2O6. The zero-order chi connectivity index (χ0) is 25.0. The van der Waals surface area contributed by atoms with Gasteiger partial charge in [-0.2, -0.15) is 0 Å². The van der Waals surface area contributed by atoms with Crippen LogP contribution in [0.25, 0.3) is 0 Å². The van der Waals surface area contributed by atoms with E-state index in [0.717, 1.165) is 16.5 Å². The predicted octanol–water partition coefficient (Wildman–Crippen LogP) is 4.22. The summed E-state index contributed by atoms with van der Waals surface area (Å²) in [4.78, 5) is 26.2. The summed E-state index contributed by atoms with van der Waals surface area (Å²) in [6.07, 6.45) is 3.11. The molecule has 33 heavy (non-hydrogen) atoms. The average molecular weight is 467 g/mol. The van der Waals surface area contributed by atoms with E-state index in [2.05, 4.69) is 0 Å². The summed E-state index contributed by atoms with van der Waals surface area (Å²) in [6, 6.07) is 0. The summed E-state index contributed by atoms with van der Waals surface area (Å²) >= 11 is 0. The third kappa shape index (κ3) is 5.39. The molecule has 3 fully saturated rings. The van der Waals surface area contributed by atoms with Gasteiger partial charge in [-0.1, -0.05) is 6.42 Å². The van der Waals surface area contributed by atoms with Gasteiger partial charge in [-0.3, -0.25) is 9.59 Å². The first-order valence-corrected chi connectivity index (χ1v) is 12.3. The monoisotopic (exact) mass is 466 g/mol. The van der Waals surface area contributed by atoms with Gasteiger partial charge >= 0.3 is 11.9 Å². The van der Waals surface area contributed by atoms with Gasteiger partial charge in [0.15, 0.2) is 0 Å². The molecule has 2 radical (unpaired) electrons. The van der Waals surface area contributed by atoms with E-state index in [0.29, 0.717) is 38.5 Å². The summed E-state index contributed by atoms with van der Waals surface area (Å²) in [5.74, 6) is -1.76. The van der Waals surface area contributed by atoms with Crippen molar-refractivity contribution in [2.24, 2.45) is 11.8 Å². The Morgan fingerprint density at radius 3 is 1.15 bits per heavy atom. The first-order chi connectivity index (χ1) is 15.0. The highest BCUT2D eigenvalue weighted by Gasteiger charge is 2.50. The van der Waals surface area contributed by atoms with Gasteiger partial charge in [-0.25, -0.2) is 0 Å². The van der Waals surface area contributed by atoms with Crippen molar-refractivity contribution < 1.29 is 29.5 Å². The summed E-state index contributed by atoms with van der Waals surface area (Å²) in [5, 5.41) is 27.4. The molecule has 2 heterocycles. The first-order valence-electron chi connectivity index (χ1n) is 12.3. The van der Waals surface area contributed by atoms with Crippen molar-refractivity contribution in [1.29, 1.82) is 0 Å². The van der Waals surface area contributed by atoms with E-state index < -0.39 is 34.0 Å². The van der Waals surface area contributed by atoms with Crippen LogP contribution in [0.3, 0.4) is 0 Å². The molecule has 0 spiro atoms. The van der Waals surface area contributed by atoms with Crippen LogP contribution in [0.5, 0.6) is 0 Å². The highest BCUT2D eigenvalue weighted by Crippen LogP contribution is 2.42. The quantitative estimate of drug-likeness (QED) is 0.575. The Morgan fingerprint density at radius 1 is 0.606 bits per heavy atom. The third-order valence-corrected chi connectivity index (χ3v) is 7.80. The molecule has 3 aliphatic rings. The van der Waals surface area contributed by atoms with E-state index >= 15 is 0 Å². The van der Waals surface area contributed by atoms with E-state index in [9.17, 15) is 20.0 Å². The van der Waals surface area contributed by atoms with Crippen molar-refractivity contribution in [3.8, 4) is 0 Å². The standard InChI is InChI=1S/C25H42N2O6/c1-22(2)12-16(13-23(3,4)26(22)30)32-20(28)18-10-9-11-19(18)21(29)33-17-14-24(5,6)27(31)25(7,8)15-17/h16-19H,9-15H2,1-8H3. The largest absolute Gasteiger partial charge is 0.462 e. The molecule has 2 saturated heterocycles. The number of hydrogen-bond donors (Lipinski definition) is 0. The fraction of sp³-hybridized carbons (Fsp3) is 0.920. The van der Waals surface area contributed by atoms with Crippen molar-refractivity contribution >= 4 is 11.9 Å². The fourth-order valence-electron chi connectivity index (χ4n) is 6.54. The van der Waals surface area contributed by atoms with Crippen LogP contribution in [0.2, 0.25) is 0 Å². The highest BCUT2D eigenvalue weighted by molar-refractivity contribution is 5.83. The molecule has 0 aromatic heterocycles. The minimum atomic E-state index is -0.628. The van der Waals surface area contributed by atoms with E-state index in [-0.39, 0.29) is 24.1 Å². The van der Waals surface area contributed by atoms with Crippen molar-refractivity contribution in [3.05, 3.63) is 0 Å². The van der Waals surface area contributed by atoms with Gasteiger partial charge in [-0.15, -0.1) is 20.5 Å². The van der Waals surface area contributed by atoms with E-state index in [1.807, 2.05) is 55.4 Å². The molecule has 2 aliphatic heterocycles. The molecule has 2 atom stereocenters. The maximum absolute atomic E-state index is 13.1. The molecule has 8 nitrogen and oxygen atoms in total. The summed E-state index contributed by atoms with van der Waals surface area (Å²) < 4.78 is 11.8. The lowest BCUT2D eigenvalue weighted by Gasteiger charge is -2.49. The maximum Gasteiger partial charge on any atom is 0.310 e. The molecule has 0 N–H and O–H groups in total. The number of hydrogen-bond acceptors (Lipinski definition) is 6. The van der Waals surface area contributed by atoms with Gasteiger partial charge in [0.25, 0.3) is 0 Å². The lowest BCUT2D eigenvalue weighted by Crippen LogP contribution is -2.60. The van der Waals surface area contributed by atoms with Gasteiger partial charge in [-0.05, 0) is 68.2 Å². The maximum atomic E-state index is 13.1. The molecule has 2 unspecified atom stereocenters. The lowest BCUT2D eigenvalue weighted by molar-refractivity contribution is -0.300. The lowest BCUT2D eigenvalue weighted by atomic mass is 9.80. The molecule has 0 bridgehead atoms. The van der Waals surface area contributed by atoms with Crippen molar-refractivity contribution in [2.75, 3.05) is 0 Å². The second-order valence-corrected chi connectivity index (χ2v) is 12.9. The van der Waals surface area contributed by atoms with Crippen LogP contribution in [-0.4, -0.2) is 56.4 Å². The smallest absolute Gasteiger partial charge is 0.310 e. The number of carbonyl (C=O) groups is 2. The molecule has 3 rings (SSSR count). The molecule has 1 aliphatic carbocycles. The molecule has 0 amide bonds. The number of esters is 2. The minimum Gasteiger partial charge on any atom is -0.462 e. The van der Waals surface area contributed by atoms with Crippen LogP contribution in [0, 0.1) is 11.8 Å². The van der Waals surface area contributed by atoms with Crippen molar-refractivity contribution in [2.45, 2.75) is 135 Å². The van der Waals surface area contributed by atoms with Crippen LogP contribution in [0.1, 0.15) is 100 Å². The molecule has 8 heteroatoms. The van der Waals surface area contributed by atoms with E-state index in [1.54, 1.807) is 0 Å². The summed E-state index contributed by atoms with van der Waals surface area (Å²) in [5.41, 5.74) is -2.51. The SMILES string of the molecule is CC1(C)CC(OC(=O)C2CCCC2C(=O)OC2CC(C)(C)N([O])C(C)(C)C2)CC(C)(C)N1[O]. The molecule has 0 aromatic carbocycles. The Kier molecular flexibility index (Phi) is 7.01. The van der Waals surface area contributed by atoms with Gasteiger partial charge < -0.3 is 9.47 Å². The Balaban J connectivity index is 1.63. The topological polar surface area (TPSA) is 98.9 Å². The van der Waals surface area contributed by atoms with Crippen LogP contribution in [0.4, 0.5) is 0 Å². The number of nitrogens with zero attached hydrogens (tertiary/aromatic N) is 2. The van der Waals surface area contributed by atoms with Crippen LogP contribution < -0.4 is 0 Å². The molecular weight excluding hydrogens is 424 g/mol. The number of rotatable bonds is 4. The summed E-state index contributed by atoms with van der Waals surface area (Å²) in [6.45, 7) is 14.9. The number of ether oxygens (including phenoxy) is 2. The molecule has 0 aromatic rings. The average Bonchev–Trinajstić information content (AvgIpc) is 3.13. The second kappa shape index (κ2) is 8.77. The van der Waals surface area contributed by atoms with Crippen LogP contribution >= 0.6 is 0 Å². The van der Waals surface area contributed by atoms with Crippen molar-refractivity contribution in [3.63, 3.8) is 0 Å². The predicted molar refractivity (Wildman–Crippen MR) is 120 cm³/mol.